The second-order valence-corrected chi connectivity index (χ2v) is 8.52. The van der Waals surface area contributed by atoms with Crippen molar-refractivity contribution in [2.24, 2.45) is 0 Å². The van der Waals surface area contributed by atoms with Crippen LogP contribution in [0.15, 0.2) is 16.9 Å². The summed E-state index contributed by atoms with van der Waals surface area (Å²) in [7, 11) is 0. The van der Waals surface area contributed by atoms with Crippen LogP contribution in [-0.4, -0.2) is 25.3 Å². The van der Waals surface area contributed by atoms with Crippen LogP contribution in [0, 0.1) is 6.92 Å². The molecule has 0 aromatic carbocycles. The third kappa shape index (κ3) is 3.98. The molecule has 0 saturated heterocycles. The molecule has 0 atom stereocenters. The summed E-state index contributed by atoms with van der Waals surface area (Å²) in [6.45, 7) is 3.21. The lowest BCUT2D eigenvalue weighted by atomic mass is 10.2. The summed E-state index contributed by atoms with van der Waals surface area (Å²) in [6.07, 6.45) is -1.28. The predicted octanol–water partition coefficient (Wildman–Crippen LogP) is 3.58. The topological polar surface area (TPSA) is 81.8 Å². The monoisotopic (exact) mass is 439 g/mol. The summed E-state index contributed by atoms with van der Waals surface area (Å²) in [5, 5.41) is 3.98. The summed E-state index contributed by atoms with van der Waals surface area (Å²) in [6, 6.07) is 2.77. The van der Waals surface area contributed by atoms with Gasteiger partial charge in [0.2, 0.25) is 0 Å². The molecule has 0 radical (unpaired) electrons. The van der Waals surface area contributed by atoms with E-state index in [-0.39, 0.29) is 5.92 Å². The molecular weight excluding hydrogens is 419 g/mol. The van der Waals surface area contributed by atoms with Gasteiger partial charge in [0.25, 0.3) is 11.5 Å². The second kappa shape index (κ2) is 7.53. The third-order valence-corrected chi connectivity index (χ3v) is 6.00. The highest BCUT2D eigenvalue weighted by atomic mass is 32.1. The van der Waals surface area contributed by atoms with Gasteiger partial charge in [-0.25, -0.2) is 9.66 Å². The summed E-state index contributed by atoms with van der Waals surface area (Å²) in [4.78, 5) is 31.4. The summed E-state index contributed by atoms with van der Waals surface area (Å²) >= 11 is 1.44. The van der Waals surface area contributed by atoms with Crippen molar-refractivity contribution >= 4 is 27.5 Å². The number of nitrogens with zero attached hydrogens (tertiary/aromatic N) is 4. The van der Waals surface area contributed by atoms with Crippen molar-refractivity contribution in [3.05, 3.63) is 44.6 Å². The van der Waals surface area contributed by atoms with Crippen LogP contribution in [0.1, 0.15) is 54.2 Å². The zero-order valence-corrected chi connectivity index (χ0v) is 17.2. The van der Waals surface area contributed by atoms with E-state index in [0.717, 1.165) is 46.0 Å². The van der Waals surface area contributed by atoms with Gasteiger partial charge in [0.15, 0.2) is 5.69 Å². The Kier molecular flexibility index (Phi) is 5.16. The van der Waals surface area contributed by atoms with Crippen molar-refractivity contribution in [3.63, 3.8) is 0 Å². The Balaban J connectivity index is 1.60. The Morgan fingerprint density at radius 1 is 1.33 bits per heavy atom. The lowest BCUT2D eigenvalue weighted by Gasteiger charge is -2.12. The molecular formula is C19H20F3N5O2S. The highest BCUT2D eigenvalue weighted by molar-refractivity contribution is 7.18. The molecule has 1 amide bonds. The summed E-state index contributed by atoms with van der Waals surface area (Å²) in [5.41, 5.74) is 1.41. The van der Waals surface area contributed by atoms with Gasteiger partial charge in [0, 0.05) is 16.5 Å². The first-order valence-corrected chi connectivity index (χ1v) is 10.5. The Morgan fingerprint density at radius 2 is 2.07 bits per heavy atom. The van der Waals surface area contributed by atoms with Gasteiger partial charge in [0.05, 0.1) is 5.39 Å². The van der Waals surface area contributed by atoms with Crippen LogP contribution in [0.5, 0.6) is 0 Å². The number of hydrogen-bond donors (Lipinski definition) is 1. The normalized spacial score (nSPS) is 14.4. The Morgan fingerprint density at radius 3 is 2.70 bits per heavy atom. The Labute approximate surface area is 173 Å². The number of aromatic nitrogens is 4. The predicted molar refractivity (Wildman–Crippen MR) is 106 cm³/mol. The van der Waals surface area contributed by atoms with E-state index in [1.54, 1.807) is 13.0 Å². The number of hydrogen-bond acceptors (Lipinski definition) is 5. The maximum atomic E-state index is 13.0. The van der Waals surface area contributed by atoms with Crippen molar-refractivity contribution < 1.29 is 18.0 Å². The van der Waals surface area contributed by atoms with E-state index in [9.17, 15) is 22.8 Å². The number of fused-ring (bicyclic) bond motifs is 1. The smallest absolute Gasteiger partial charge is 0.271 e. The molecule has 1 N–H and O–H groups in total. The minimum atomic E-state index is -4.58. The molecule has 3 aromatic rings. The molecule has 3 heterocycles. The second-order valence-electron chi connectivity index (χ2n) is 7.40. The van der Waals surface area contributed by atoms with Gasteiger partial charge in [0.1, 0.15) is 17.2 Å². The molecule has 0 aliphatic heterocycles. The van der Waals surface area contributed by atoms with Crippen LogP contribution in [0.2, 0.25) is 0 Å². The SMILES string of the molecule is CCCc1cc2c(=O)n(NC(=O)Cn3nc(C(F)(F)F)cc3C3CC3)c(C)nc2s1. The van der Waals surface area contributed by atoms with Gasteiger partial charge in [-0.05, 0) is 38.3 Å². The average Bonchev–Trinajstić information content (AvgIpc) is 3.28. The summed E-state index contributed by atoms with van der Waals surface area (Å²) < 4.78 is 41.2. The first kappa shape index (κ1) is 20.6. The molecule has 0 bridgehead atoms. The number of aryl methyl sites for hydroxylation is 2. The van der Waals surface area contributed by atoms with Crippen molar-refractivity contribution in [1.29, 1.82) is 0 Å². The number of rotatable bonds is 6. The van der Waals surface area contributed by atoms with Gasteiger partial charge in [-0.3, -0.25) is 19.7 Å². The number of carbonyl (C=O) groups is 1. The van der Waals surface area contributed by atoms with Gasteiger partial charge in [-0.1, -0.05) is 13.3 Å². The maximum Gasteiger partial charge on any atom is 0.435 e. The van der Waals surface area contributed by atoms with E-state index < -0.39 is 29.9 Å². The first-order chi connectivity index (χ1) is 14.2. The van der Waals surface area contributed by atoms with Gasteiger partial charge >= 0.3 is 6.18 Å². The molecule has 1 fully saturated rings. The fourth-order valence-electron chi connectivity index (χ4n) is 3.33. The molecule has 7 nitrogen and oxygen atoms in total. The van der Waals surface area contributed by atoms with E-state index in [1.165, 1.54) is 11.3 Å². The standard InChI is InChI=1S/C19H20F3N5O2S/c1-3-4-12-7-13-17(30-12)23-10(2)27(18(13)29)25-16(28)9-26-14(11-5-6-11)8-15(24-26)19(20,21)22/h7-8,11H,3-6,9H2,1-2H3,(H,25,28). The molecule has 4 rings (SSSR count). The molecule has 1 saturated carbocycles. The number of thiophene rings is 1. The van der Waals surface area contributed by atoms with Crippen LogP contribution in [0.3, 0.4) is 0 Å². The van der Waals surface area contributed by atoms with E-state index in [1.807, 2.05) is 6.92 Å². The average molecular weight is 439 g/mol. The minimum absolute atomic E-state index is 0.0216. The molecule has 11 heteroatoms. The van der Waals surface area contributed by atoms with Gasteiger partial charge in [-0.15, -0.1) is 11.3 Å². The highest BCUT2D eigenvalue weighted by Crippen LogP contribution is 2.42. The number of nitrogens with one attached hydrogen (secondary N) is 1. The van der Waals surface area contributed by atoms with Crippen molar-refractivity contribution in [2.45, 2.75) is 58.2 Å². The van der Waals surface area contributed by atoms with Crippen molar-refractivity contribution in [3.8, 4) is 0 Å². The van der Waals surface area contributed by atoms with Crippen molar-refractivity contribution in [2.75, 3.05) is 5.43 Å². The van der Waals surface area contributed by atoms with E-state index in [2.05, 4.69) is 15.5 Å². The fraction of sp³-hybridized carbons (Fsp3) is 0.474. The maximum absolute atomic E-state index is 13.0. The third-order valence-electron chi connectivity index (χ3n) is 4.91. The number of alkyl halides is 3. The van der Waals surface area contributed by atoms with Crippen LogP contribution < -0.4 is 11.0 Å². The van der Waals surface area contributed by atoms with Crippen molar-refractivity contribution in [1.82, 2.24) is 19.4 Å². The molecule has 160 valence electrons. The zero-order chi connectivity index (χ0) is 21.6. The largest absolute Gasteiger partial charge is 0.435 e. The molecule has 3 aromatic heterocycles. The van der Waals surface area contributed by atoms with E-state index in [4.69, 9.17) is 0 Å². The summed E-state index contributed by atoms with van der Waals surface area (Å²) in [5.74, 6) is -0.375. The molecule has 0 unspecified atom stereocenters. The molecule has 30 heavy (non-hydrogen) atoms. The lowest BCUT2D eigenvalue weighted by molar-refractivity contribution is -0.141. The molecule has 1 aliphatic carbocycles. The minimum Gasteiger partial charge on any atom is -0.271 e. The van der Waals surface area contributed by atoms with E-state index >= 15 is 0 Å². The zero-order valence-electron chi connectivity index (χ0n) is 16.4. The quantitative estimate of drug-likeness (QED) is 0.637. The van der Waals surface area contributed by atoms with E-state index in [0.29, 0.717) is 21.7 Å². The van der Waals surface area contributed by atoms with Gasteiger partial charge < -0.3 is 0 Å². The first-order valence-electron chi connectivity index (χ1n) is 9.64. The number of amides is 1. The highest BCUT2D eigenvalue weighted by Gasteiger charge is 2.38. The van der Waals surface area contributed by atoms with Crippen LogP contribution in [0.25, 0.3) is 10.2 Å². The van der Waals surface area contributed by atoms with Crippen LogP contribution >= 0.6 is 11.3 Å². The Hall–Kier alpha value is -2.69. The number of carbonyl (C=O) groups excluding carboxylic acids is 1. The van der Waals surface area contributed by atoms with Crippen LogP contribution in [0.4, 0.5) is 13.2 Å². The lowest BCUT2D eigenvalue weighted by Crippen LogP contribution is -2.37. The number of halogens is 3. The van der Waals surface area contributed by atoms with Crippen LogP contribution in [-0.2, 0) is 23.9 Å². The fourth-order valence-corrected chi connectivity index (χ4v) is 4.50. The molecule has 1 aliphatic rings. The van der Waals surface area contributed by atoms with Gasteiger partial charge in [-0.2, -0.15) is 18.3 Å². The molecule has 0 spiro atoms. The Bertz CT molecular complexity index is 1170.